The maximum atomic E-state index is 13.5. The molecule has 1 aromatic carbocycles. The smallest absolute Gasteiger partial charge is 0.425 e. The number of carbonyl (C=O) groups excluding carboxylic acids is 2. The molecule has 1 saturated heterocycles. The van der Waals surface area contributed by atoms with Gasteiger partial charge in [0, 0.05) is 42.3 Å². The number of hydrogen-bond acceptors (Lipinski definition) is 5. The van der Waals surface area contributed by atoms with Crippen LogP contribution in [0.1, 0.15) is 56.3 Å². The van der Waals surface area contributed by atoms with Crippen LogP contribution in [0.4, 0.5) is 13.2 Å². The normalized spacial score (nSPS) is 27.4. The Hall–Kier alpha value is -3.63. The van der Waals surface area contributed by atoms with Gasteiger partial charge < -0.3 is 15.4 Å². The van der Waals surface area contributed by atoms with Crippen LogP contribution in [0.3, 0.4) is 0 Å². The summed E-state index contributed by atoms with van der Waals surface area (Å²) >= 11 is 0. The Morgan fingerprint density at radius 3 is 2.68 bits per heavy atom. The molecule has 3 aliphatic rings. The summed E-state index contributed by atoms with van der Waals surface area (Å²) in [5.41, 5.74) is 0.614. The van der Waals surface area contributed by atoms with Gasteiger partial charge in [0.1, 0.15) is 5.75 Å². The fourth-order valence-electron chi connectivity index (χ4n) is 5.34. The Balaban J connectivity index is 1.37. The van der Waals surface area contributed by atoms with Crippen LogP contribution in [0.25, 0.3) is 0 Å². The van der Waals surface area contributed by atoms with Crippen molar-refractivity contribution in [3.05, 3.63) is 59.9 Å². The third-order valence-electron chi connectivity index (χ3n) is 7.14. The van der Waals surface area contributed by atoms with Gasteiger partial charge in [-0.25, -0.2) is 0 Å². The third-order valence-corrected chi connectivity index (χ3v) is 7.14. The number of halogens is 3. The van der Waals surface area contributed by atoms with Crippen molar-refractivity contribution in [1.29, 1.82) is 5.41 Å². The monoisotopic (exact) mass is 515 g/mol. The maximum absolute atomic E-state index is 13.5. The number of para-hydroxylation sites is 1. The van der Waals surface area contributed by atoms with E-state index in [2.05, 4.69) is 15.6 Å². The van der Waals surface area contributed by atoms with E-state index in [1.54, 1.807) is 42.7 Å². The Labute approximate surface area is 212 Å². The van der Waals surface area contributed by atoms with Crippen LogP contribution in [-0.2, 0) is 9.59 Å². The second kappa shape index (κ2) is 9.04. The zero-order chi connectivity index (χ0) is 26.5. The van der Waals surface area contributed by atoms with Gasteiger partial charge in [0.15, 0.2) is 12.1 Å². The Morgan fingerprint density at radius 1 is 1.24 bits per heavy atom. The molecular weight excluding hydrogens is 487 g/mol. The number of benzene rings is 1. The lowest BCUT2D eigenvalue weighted by atomic mass is 9.93. The highest BCUT2D eigenvalue weighted by atomic mass is 19.4. The van der Waals surface area contributed by atoms with Crippen molar-refractivity contribution in [3.8, 4) is 5.75 Å². The molecule has 3 N–H and O–H groups in total. The molecule has 5 rings (SSSR count). The van der Waals surface area contributed by atoms with Crippen molar-refractivity contribution in [2.24, 2.45) is 11.8 Å². The summed E-state index contributed by atoms with van der Waals surface area (Å²) in [5, 5.41) is 14.4. The molecule has 3 heterocycles. The van der Waals surface area contributed by atoms with E-state index in [0.717, 1.165) is 0 Å². The molecular formula is C26H28F3N5O3. The standard InChI is InChI=1S/C26H28F3N5O3/c1-25(2)12-21(35)34(24(30)33-25)22(14-6-5-9-31-13-14)16-10-17(16)23(36)32-18-11-20(26(27,28)29)37-19-8-4-3-7-15(18)19/h3-9,13,16-18,20,22H,10-12H2,1-2H3,(H2,30,33)(H,32,36)/t16-,17-,18+,20-,22?/m1/s1. The molecule has 196 valence electrons. The van der Waals surface area contributed by atoms with E-state index >= 15 is 0 Å². The number of guanidine groups is 1. The van der Waals surface area contributed by atoms with E-state index in [1.807, 2.05) is 13.8 Å². The summed E-state index contributed by atoms with van der Waals surface area (Å²) < 4.78 is 45.7. The number of pyridine rings is 1. The molecule has 2 aromatic rings. The van der Waals surface area contributed by atoms with Gasteiger partial charge in [-0.1, -0.05) is 24.3 Å². The zero-order valence-corrected chi connectivity index (χ0v) is 20.4. The molecule has 8 nitrogen and oxygen atoms in total. The number of amides is 2. The van der Waals surface area contributed by atoms with Crippen LogP contribution in [0.5, 0.6) is 5.75 Å². The number of rotatable bonds is 5. The first-order chi connectivity index (χ1) is 17.4. The molecule has 1 unspecified atom stereocenters. The minimum atomic E-state index is -4.57. The fourth-order valence-corrected chi connectivity index (χ4v) is 5.34. The van der Waals surface area contributed by atoms with E-state index in [1.165, 1.54) is 11.0 Å². The first-order valence-corrected chi connectivity index (χ1v) is 12.2. The second-order valence-electron chi connectivity index (χ2n) is 10.5. The van der Waals surface area contributed by atoms with Crippen molar-refractivity contribution < 1.29 is 27.5 Å². The molecule has 5 atom stereocenters. The molecule has 1 saturated carbocycles. The van der Waals surface area contributed by atoms with Gasteiger partial charge in [-0.3, -0.25) is 24.9 Å². The lowest BCUT2D eigenvalue weighted by Crippen LogP contribution is -2.60. The van der Waals surface area contributed by atoms with Crippen LogP contribution in [0.2, 0.25) is 0 Å². The SMILES string of the molecule is CC1(C)CC(=O)N(C(c2cccnc2)[C@@H]2C[C@H]2C(=O)N[C@H]2C[C@H](C(F)(F)F)Oc3ccccc32)C(=N)N1. The highest BCUT2D eigenvalue weighted by molar-refractivity contribution is 5.99. The van der Waals surface area contributed by atoms with Gasteiger partial charge in [0.25, 0.3) is 0 Å². The summed E-state index contributed by atoms with van der Waals surface area (Å²) in [7, 11) is 0. The van der Waals surface area contributed by atoms with Crippen LogP contribution < -0.4 is 15.4 Å². The molecule has 1 aromatic heterocycles. The fraction of sp³-hybridized carbons (Fsp3) is 0.462. The third kappa shape index (κ3) is 4.99. The highest BCUT2D eigenvalue weighted by Crippen LogP contribution is 2.51. The Morgan fingerprint density at radius 2 is 2.00 bits per heavy atom. The van der Waals surface area contributed by atoms with Crippen molar-refractivity contribution in [2.45, 2.75) is 63.0 Å². The van der Waals surface area contributed by atoms with Crippen LogP contribution in [0.15, 0.2) is 48.8 Å². The molecule has 11 heteroatoms. The predicted molar refractivity (Wildman–Crippen MR) is 127 cm³/mol. The van der Waals surface area contributed by atoms with Crippen LogP contribution in [-0.4, -0.2) is 45.5 Å². The van der Waals surface area contributed by atoms with E-state index in [0.29, 0.717) is 17.5 Å². The van der Waals surface area contributed by atoms with Gasteiger partial charge in [-0.05, 0) is 43.9 Å². The van der Waals surface area contributed by atoms with Crippen LogP contribution >= 0.6 is 0 Å². The van der Waals surface area contributed by atoms with Gasteiger partial charge in [-0.2, -0.15) is 13.2 Å². The van der Waals surface area contributed by atoms with E-state index in [9.17, 15) is 22.8 Å². The average molecular weight is 516 g/mol. The molecule has 2 amide bonds. The van der Waals surface area contributed by atoms with Crippen molar-refractivity contribution in [2.75, 3.05) is 0 Å². The van der Waals surface area contributed by atoms with Crippen molar-refractivity contribution >= 4 is 17.8 Å². The Bertz CT molecular complexity index is 1200. The summed E-state index contributed by atoms with van der Waals surface area (Å²) in [5.74, 6) is -1.41. The number of aromatic nitrogens is 1. The lowest BCUT2D eigenvalue weighted by molar-refractivity contribution is -0.201. The number of nitrogens with zero attached hydrogens (tertiary/aromatic N) is 2. The maximum Gasteiger partial charge on any atom is 0.425 e. The van der Waals surface area contributed by atoms with Crippen molar-refractivity contribution in [1.82, 2.24) is 20.5 Å². The van der Waals surface area contributed by atoms with Crippen molar-refractivity contribution in [3.63, 3.8) is 0 Å². The summed E-state index contributed by atoms with van der Waals surface area (Å²) in [6.45, 7) is 3.67. The van der Waals surface area contributed by atoms with E-state index < -0.39 is 42.2 Å². The number of nitrogens with one attached hydrogen (secondary N) is 3. The van der Waals surface area contributed by atoms with Gasteiger partial charge >= 0.3 is 6.18 Å². The lowest BCUT2D eigenvalue weighted by Gasteiger charge is -2.42. The molecule has 0 bridgehead atoms. The minimum absolute atomic E-state index is 0.0486. The molecule has 1 aliphatic carbocycles. The largest absolute Gasteiger partial charge is 0.480 e. The molecule has 2 fully saturated rings. The minimum Gasteiger partial charge on any atom is -0.480 e. The predicted octanol–water partition coefficient (Wildman–Crippen LogP) is 3.86. The highest BCUT2D eigenvalue weighted by Gasteiger charge is 2.54. The number of ether oxygens (including phenoxy) is 1. The topological polar surface area (TPSA) is 107 Å². The molecule has 2 aliphatic heterocycles. The molecule has 37 heavy (non-hydrogen) atoms. The quantitative estimate of drug-likeness (QED) is 0.561. The first-order valence-electron chi connectivity index (χ1n) is 12.2. The number of alkyl halides is 3. The van der Waals surface area contributed by atoms with Crippen LogP contribution in [0, 0.1) is 17.2 Å². The van der Waals surface area contributed by atoms with E-state index in [-0.39, 0.29) is 35.9 Å². The second-order valence-corrected chi connectivity index (χ2v) is 10.5. The first kappa shape index (κ1) is 25.0. The number of fused-ring (bicyclic) bond motifs is 1. The van der Waals surface area contributed by atoms with Gasteiger partial charge in [0.05, 0.1) is 12.1 Å². The number of hydrogen-bond donors (Lipinski definition) is 3. The summed E-state index contributed by atoms with van der Waals surface area (Å²) in [4.78, 5) is 32.0. The summed E-state index contributed by atoms with van der Waals surface area (Å²) in [6.07, 6.45) is -3.20. The molecule has 0 radical (unpaired) electrons. The Kier molecular flexibility index (Phi) is 6.12. The van der Waals surface area contributed by atoms with E-state index in [4.69, 9.17) is 10.1 Å². The summed E-state index contributed by atoms with van der Waals surface area (Å²) in [6, 6.07) is 8.46. The average Bonchev–Trinajstić information content (AvgIpc) is 3.61. The van der Waals surface area contributed by atoms with Gasteiger partial charge in [0.2, 0.25) is 11.8 Å². The molecule has 0 spiro atoms. The van der Waals surface area contributed by atoms with Gasteiger partial charge in [-0.15, -0.1) is 0 Å². The number of carbonyl (C=O) groups is 2. The zero-order valence-electron chi connectivity index (χ0n) is 20.4.